The molecule has 0 radical (unpaired) electrons. The van der Waals surface area contributed by atoms with Crippen molar-refractivity contribution in [3.8, 4) is 22.6 Å². The summed E-state index contributed by atoms with van der Waals surface area (Å²) in [5.41, 5.74) is 5.86. The van der Waals surface area contributed by atoms with Gasteiger partial charge in [-0.25, -0.2) is 4.98 Å². The molecule has 7 heteroatoms. The standard InChI is InChI=1S/C19H21N7/c1-5-26-18(23-24-25-26)14-15(22-17-16(14)20-10-11-21-17)12-6-8-13(9-7-12)19(2,3)4/h6-11H,5H2,1-4H3,(H,20,21,22,23,25)/p+1. The minimum Gasteiger partial charge on any atom is -0.337 e. The van der Waals surface area contributed by atoms with Crippen molar-refractivity contribution in [2.45, 2.75) is 39.7 Å². The van der Waals surface area contributed by atoms with Crippen molar-refractivity contribution < 1.29 is 4.68 Å². The first kappa shape index (κ1) is 16.4. The Morgan fingerprint density at radius 1 is 1.04 bits per heavy atom. The average molecular weight is 348 g/mol. The Morgan fingerprint density at radius 2 is 1.77 bits per heavy atom. The van der Waals surface area contributed by atoms with E-state index in [2.05, 4.69) is 75.5 Å². The molecule has 7 nitrogen and oxygen atoms in total. The summed E-state index contributed by atoms with van der Waals surface area (Å²) in [7, 11) is 0. The Balaban J connectivity index is 1.94. The van der Waals surface area contributed by atoms with Crippen LogP contribution in [-0.4, -0.2) is 30.5 Å². The summed E-state index contributed by atoms with van der Waals surface area (Å²) in [5.74, 6) is 0.745. The number of tetrazole rings is 1. The number of hydrogen-bond donors (Lipinski definition) is 2. The Hall–Kier alpha value is -3.09. The number of aromatic nitrogens is 7. The van der Waals surface area contributed by atoms with Crippen LogP contribution in [0.5, 0.6) is 0 Å². The van der Waals surface area contributed by atoms with Crippen molar-refractivity contribution in [3.63, 3.8) is 0 Å². The van der Waals surface area contributed by atoms with Gasteiger partial charge in [0.2, 0.25) is 0 Å². The van der Waals surface area contributed by atoms with Crippen molar-refractivity contribution in [3.05, 3.63) is 42.2 Å². The van der Waals surface area contributed by atoms with E-state index >= 15 is 0 Å². The van der Waals surface area contributed by atoms with Gasteiger partial charge >= 0.3 is 5.82 Å². The van der Waals surface area contributed by atoms with Crippen LogP contribution in [0.1, 0.15) is 33.3 Å². The molecular formula is C19H22N7+. The van der Waals surface area contributed by atoms with Crippen LogP contribution in [0.3, 0.4) is 0 Å². The summed E-state index contributed by atoms with van der Waals surface area (Å²) >= 11 is 0. The fourth-order valence-electron chi connectivity index (χ4n) is 3.11. The molecule has 0 spiro atoms. The lowest BCUT2D eigenvalue weighted by molar-refractivity contribution is -0.741. The van der Waals surface area contributed by atoms with Gasteiger partial charge in [-0.2, -0.15) is 4.68 Å². The number of hydrogen-bond acceptors (Lipinski definition) is 4. The molecule has 0 unspecified atom stereocenters. The second-order valence-electron chi connectivity index (χ2n) is 7.32. The van der Waals surface area contributed by atoms with Crippen LogP contribution in [0.2, 0.25) is 0 Å². The molecule has 0 aliphatic heterocycles. The van der Waals surface area contributed by atoms with E-state index in [1.807, 2.05) is 11.6 Å². The number of aromatic amines is 2. The molecule has 4 aromatic rings. The molecule has 0 saturated heterocycles. The predicted octanol–water partition coefficient (Wildman–Crippen LogP) is 3.01. The first-order chi connectivity index (χ1) is 12.5. The van der Waals surface area contributed by atoms with E-state index in [0.717, 1.165) is 40.4 Å². The Morgan fingerprint density at radius 3 is 2.46 bits per heavy atom. The number of H-pyrrole nitrogens is 2. The number of nitrogens with zero attached hydrogens (tertiary/aromatic N) is 5. The normalized spacial score (nSPS) is 12.0. The maximum Gasteiger partial charge on any atom is 0.336 e. The molecule has 132 valence electrons. The van der Waals surface area contributed by atoms with Crippen LogP contribution in [0, 0.1) is 0 Å². The van der Waals surface area contributed by atoms with Crippen molar-refractivity contribution >= 4 is 11.2 Å². The van der Waals surface area contributed by atoms with Gasteiger partial charge in [-0.1, -0.05) is 50.3 Å². The van der Waals surface area contributed by atoms with E-state index < -0.39 is 0 Å². The Kier molecular flexibility index (Phi) is 3.79. The fourth-order valence-corrected chi connectivity index (χ4v) is 3.11. The number of fused-ring (bicyclic) bond motifs is 1. The van der Waals surface area contributed by atoms with E-state index in [0.29, 0.717) is 0 Å². The largest absolute Gasteiger partial charge is 0.337 e. The molecule has 0 aliphatic carbocycles. The van der Waals surface area contributed by atoms with E-state index in [-0.39, 0.29) is 5.41 Å². The first-order valence-corrected chi connectivity index (χ1v) is 8.74. The molecule has 0 atom stereocenters. The third-order valence-corrected chi connectivity index (χ3v) is 4.57. The number of benzene rings is 1. The molecule has 1 aromatic carbocycles. The van der Waals surface area contributed by atoms with Crippen molar-refractivity contribution in [1.82, 2.24) is 30.5 Å². The molecule has 3 heterocycles. The van der Waals surface area contributed by atoms with Gasteiger partial charge < -0.3 is 4.98 Å². The topological polar surface area (TPSA) is 87.0 Å². The van der Waals surface area contributed by atoms with Gasteiger partial charge in [-0.05, 0) is 23.5 Å². The van der Waals surface area contributed by atoms with Gasteiger partial charge in [0.1, 0.15) is 16.2 Å². The third-order valence-electron chi connectivity index (χ3n) is 4.57. The highest BCUT2D eigenvalue weighted by Crippen LogP contribution is 2.35. The first-order valence-electron chi connectivity index (χ1n) is 8.74. The minimum absolute atomic E-state index is 0.113. The van der Waals surface area contributed by atoms with Crippen LogP contribution < -0.4 is 4.68 Å². The van der Waals surface area contributed by atoms with E-state index in [1.165, 1.54) is 5.56 Å². The van der Waals surface area contributed by atoms with Gasteiger partial charge in [-0.15, -0.1) is 0 Å². The Labute approximate surface area is 151 Å². The summed E-state index contributed by atoms with van der Waals surface area (Å²) in [4.78, 5) is 12.4. The van der Waals surface area contributed by atoms with Gasteiger partial charge in [0.15, 0.2) is 10.9 Å². The van der Waals surface area contributed by atoms with Crippen molar-refractivity contribution in [2.24, 2.45) is 0 Å². The highest BCUT2D eigenvalue weighted by Gasteiger charge is 2.27. The highest BCUT2D eigenvalue weighted by molar-refractivity contribution is 5.97. The highest BCUT2D eigenvalue weighted by atomic mass is 15.5. The van der Waals surface area contributed by atoms with E-state index in [1.54, 1.807) is 12.4 Å². The van der Waals surface area contributed by atoms with Crippen LogP contribution in [-0.2, 0) is 12.0 Å². The lowest BCUT2D eigenvalue weighted by atomic mass is 9.86. The predicted molar refractivity (Wildman–Crippen MR) is 99.3 cm³/mol. The molecule has 0 saturated carbocycles. The monoisotopic (exact) mass is 348 g/mol. The lowest BCUT2D eigenvalue weighted by Gasteiger charge is -2.19. The molecule has 2 N–H and O–H groups in total. The van der Waals surface area contributed by atoms with Crippen molar-refractivity contribution in [2.75, 3.05) is 0 Å². The maximum absolute atomic E-state index is 4.53. The molecule has 0 aliphatic rings. The Bertz CT molecular complexity index is 1050. The van der Waals surface area contributed by atoms with E-state index in [4.69, 9.17) is 0 Å². The number of nitrogens with one attached hydrogen (secondary N) is 2. The van der Waals surface area contributed by atoms with Crippen LogP contribution in [0.15, 0.2) is 36.7 Å². The lowest BCUT2D eigenvalue weighted by Crippen LogP contribution is -2.36. The average Bonchev–Trinajstić information content (AvgIpc) is 3.24. The molecular weight excluding hydrogens is 326 g/mol. The second kappa shape index (κ2) is 6.01. The van der Waals surface area contributed by atoms with Crippen molar-refractivity contribution in [1.29, 1.82) is 0 Å². The molecule has 0 amide bonds. The quantitative estimate of drug-likeness (QED) is 0.557. The van der Waals surface area contributed by atoms with Crippen LogP contribution in [0.4, 0.5) is 0 Å². The molecule has 26 heavy (non-hydrogen) atoms. The van der Waals surface area contributed by atoms with Gasteiger partial charge in [0, 0.05) is 12.4 Å². The maximum atomic E-state index is 4.53. The van der Waals surface area contributed by atoms with Gasteiger partial charge in [0.05, 0.1) is 12.2 Å². The smallest absolute Gasteiger partial charge is 0.336 e. The zero-order chi connectivity index (χ0) is 18.3. The summed E-state index contributed by atoms with van der Waals surface area (Å²) in [5, 5.41) is 11.2. The van der Waals surface area contributed by atoms with Crippen LogP contribution in [0.25, 0.3) is 33.8 Å². The summed E-state index contributed by atoms with van der Waals surface area (Å²) < 4.78 is 1.89. The van der Waals surface area contributed by atoms with Crippen LogP contribution >= 0.6 is 0 Å². The molecule has 4 rings (SSSR count). The van der Waals surface area contributed by atoms with Gasteiger partial charge in [-0.3, -0.25) is 4.98 Å². The molecule has 0 bridgehead atoms. The molecule has 0 fully saturated rings. The second-order valence-corrected chi connectivity index (χ2v) is 7.32. The zero-order valence-corrected chi connectivity index (χ0v) is 15.4. The van der Waals surface area contributed by atoms with E-state index in [9.17, 15) is 0 Å². The minimum atomic E-state index is 0.113. The molecule has 3 aromatic heterocycles. The number of rotatable bonds is 3. The SMILES string of the molecule is CC[n+]1[nH]nnc1-c1c(-c2ccc(C(C)(C)C)cc2)[nH]c2nccnc12. The summed E-state index contributed by atoms with van der Waals surface area (Å²) in [6.07, 6.45) is 3.38. The summed E-state index contributed by atoms with van der Waals surface area (Å²) in [6.45, 7) is 9.41. The number of aryl methyl sites for hydroxylation is 1. The summed E-state index contributed by atoms with van der Waals surface area (Å²) in [6, 6.07) is 8.60. The van der Waals surface area contributed by atoms with Gasteiger partial charge in [0.25, 0.3) is 0 Å². The zero-order valence-electron chi connectivity index (χ0n) is 15.4. The third kappa shape index (κ3) is 2.65. The fraction of sp³-hybridized carbons (Fsp3) is 0.316.